The van der Waals surface area contributed by atoms with Crippen LogP contribution in [0.15, 0.2) is 12.3 Å². The molecular formula is C14H18ClN3O3. The molecule has 0 bridgehead atoms. The molecule has 2 rings (SSSR count). The molecule has 1 aliphatic rings. The third-order valence-electron chi connectivity index (χ3n) is 4.05. The van der Waals surface area contributed by atoms with Gasteiger partial charge in [-0.2, -0.15) is 0 Å². The average Bonchev–Trinajstić information content (AvgIpc) is 2.47. The smallest absolute Gasteiger partial charge is 0.300 e. The van der Waals surface area contributed by atoms with Crippen molar-refractivity contribution >= 4 is 23.2 Å². The maximum absolute atomic E-state index is 12.2. The van der Waals surface area contributed by atoms with Crippen LogP contribution in [0.25, 0.3) is 0 Å². The molecule has 114 valence electrons. The van der Waals surface area contributed by atoms with E-state index in [9.17, 15) is 14.9 Å². The van der Waals surface area contributed by atoms with Crippen LogP contribution in [0.5, 0.6) is 0 Å². The summed E-state index contributed by atoms with van der Waals surface area (Å²) in [6.07, 6.45) is 6.17. The molecular weight excluding hydrogens is 294 g/mol. The molecule has 1 heterocycles. The second kappa shape index (κ2) is 6.85. The molecule has 0 atom stereocenters. The molecule has 0 aliphatic heterocycles. The molecule has 0 aromatic carbocycles. The molecule has 1 aliphatic carbocycles. The zero-order chi connectivity index (χ0) is 15.4. The van der Waals surface area contributed by atoms with Crippen LogP contribution in [0.1, 0.15) is 49.4 Å². The zero-order valence-corrected chi connectivity index (χ0v) is 12.6. The summed E-state index contributed by atoms with van der Waals surface area (Å²) in [5.74, 6) is 0.272. The molecule has 7 heteroatoms. The third-order valence-corrected chi connectivity index (χ3v) is 4.26. The number of nitrogens with one attached hydrogen (secondary N) is 1. The Labute approximate surface area is 128 Å². The van der Waals surface area contributed by atoms with E-state index < -0.39 is 10.8 Å². The van der Waals surface area contributed by atoms with Crippen molar-refractivity contribution in [3.8, 4) is 0 Å². The molecule has 1 N–H and O–H groups in total. The van der Waals surface area contributed by atoms with Crippen LogP contribution >= 0.6 is 11.6 Å². The minimum Gasteiger partial charge on any atom is -0.349 e. The van der Waals surface area contributed by atoms with Gasteiger partial charge in [0.2, 0.25) is 0 Å². The molecule has 0 spiro atoms. The highest BCUT2D eigenvalue weighted by molar-refractivity contribution is 6.29. The zero-order valence-electron chi connectivity index (χ0n) is 11.8. The first-order valence-corrected chi connectivity index (χ1v) is 7.49. The number of nitro groups is 1. The average molecular weight is 312 g/mol. The lowest BCUT2D eigenvalue weighted by molar-refractivity contribution is -0.385. The lowest BCUT2D eigenvalue weighted by Gasteiger charge is -2.28. The van der Waals surface area contributed by atoms with Gasteiger partial charge in [0.1, 0.15) is 16.9 Å². The van der Waals surface area contributed by atoms with E-state index in [4.69, 9.17) is 11.6 Å². The number of aromatic nitrogens is 1. The highest BCUT2D eigenvalue weighted by Gasteiger charge is 2.26. The van der Waals surface area contributed by atoms with Crippen LogP contribution in [0, 0.1) is 16.0 Å². The summed E-state index contributed by atoms with van der Waals surface area (Å²) >= 11 is 5.73. The Kier molecular flexibility index (Phi) is 5.12. The molecule has 0 unspecified atom stereocenters. The lowest BCUT2D eigenvalue weighted by Crippen LogP contribution is -2.37. The number of rotatable bonds is 4. The Bertz CT molecular complexity index is 542. The van der Waals surface area contributed by atoms with Crippen molar-refractivity contribution in [1.82, 2.24) is 10.3 Å². The van der Waals surface area contributed by atoms with Crippen molar-refractivity contribution in [3.63, 3.8) is 0 Å². The van der Waals surface area contributed by atoms with Crippen LogP contribution < -0.4 is 5.32 Å². The van der Waals surface area contributed by atoms with Gasteiger partial charge >= 0.3 is 0 Å². The van der Waals surface area contributed by atoms with E-state index in [1.165, 1.54) is 6.07 Å². The summed E-state index contributed by atoms with van der Waals surface area (Å²) in [5.41, 5.74) is -0.350. The second-order valence-corrected chi connectivity index (χ2v) is 5.77. The van der Waals surface area contributed by atoms with E-state index >= 15 is 0 Å². The lowest BCUT2D eigenvalue weighted by atomic mass is 9.84. The predicted octanol–water partition coefficient (Wildman–Crippen LogP) is 3.34. The summed E-state index contributed by atoms with van der Waals surface area (Å²) in [5, 5.41) is 13.9. The van der Waals surface area contributed by atoms with Crippen LogP contribution in [0.2, 0.25) is 5.15 Å². The standard InChI is InChI=1S/C14H18ClN3O3/c1-2-9-3-5-10(6-4-9)17-14(19)11-7-13(15)16-8-12(11)18(20)21/h7-10H,2-6H2,1H3,(H,17,19). The predicted molar refractivity (Wildman–Crippen MR) is 79.4 cm³/mol. The van der Waals surface area contributed by atoms with E-state index in [2.05, 4.69) is 17.2 Å². The topological polar surface area (TPSA) is 85.1 Å². The van der Waals surface area contributed by atoms with Crippen molar-refractivity contribution in [2.24, 2.45) is 5.92 Å². The van der Waals surface area contributed by atoms with Gasteiger partial charge in [0.25, 0.3) is 11.6 Å². The minimum absolute atomic E-state index is 0.0300. The van der Waals surface area contributed by atoms with Gasteiger partial charge < -0.3 is 5.32 Å². The summed E-state index contributed by atoms with van der Waals surface area (Å²) in [7, 11) is 0. The number of carbonyl (C=O) groups is 1. The quantitative estimate of drug-likeness (QED) is 0.525. The van der Waals surface area contributed by atoms with Gasteiger partial charge in [0.15, 0.2) is 0 Å². The van der Waals surface area contributed by atoms with E-state index in [1.54, 1.807) is 0 Å². The van der Waals surface area contributed by atoms with Gasteiger partial charge in [0, 0.05) is 6.04 Å². The first kappa shape index (κ1) is 15.7. The summed E-state index contributed by atoms with van der Waals surface area (Å²) in [6, 6.07) is 1.32. The van der Waals surface area contributed by atoms with E-state index in [-0.39, 0.29) is 22.4 Å². The molecule has 1 saturated carbocycles. The van der Waals surface area contributed by atoms with Crippen molar-refractivity contribution in [1.29, 1.82) is 0 Å². The molecule has 1 aromatic rings. The van der Waals surface area contributed by atoms with Crippen LogP contribution in [-0.2, 0) is 0 Å². The molecule has 0 saturated heterocycles. The van der Waals surface area contributed by atoms with Crippen molar-refractivity contribution in [2.75, 3.05) is 0 Å². The first-order chi connectivity index (χ1) is 10.0. The van der Waals surface area contributed by atoms with Crippen LogP contribution in [0.3, 0.4) is 0 Å². The molecule has 6 nitrogen and oxygen atoms in total. The van der Waals surface area contributed by atoms with Gasteiger partial charge in [-0.15, -0.1) is 0 Å². The van der Waals surface area contributed by atoms with Crippen LogP contribution in [-0.4, -0.2) is 21.9 Å². The Balaban J connectivity index is 2.07. The fourth-order valence-electron chi connectivity index (χ4n) is 2.73. The number of hydrogen-bond donors (Lipinski definition) is 1. The second-order valence-electron chi connectivity index (χ2n) is 5.38. The number of hydrogen-bond acceptors (Lipinski definition) is 4. The van der Waals surface area contributed by atoms with E-state index in [1.807, 2.05) is 0 Å². The van der Waals surface area contributed by atoms with Gasteiger partial charge in [-0.3, -0.25) is 14.9 Å². The first-order valence-electron chi connectivity index (χ1n) is 7.12. The van der Waals surface area contributed by atoms with Crippen molar-refractivity contribution in [3.05, 3.63) is 33.1 Å². The highest BCUT2D eigenvalue weighted by atomic mass is 35.5. The Morgan fingerprint density at radius 1 is 1.48 bits per heavy atom. The maximum atomic E-state index is 12.2. The van der Waals surface area contributed by atoms with E-state index in [0.717, 1.165) is 44.2 Å². The summed E-state index contributed by atoms with van der Waals surface area (Å²) < 4.78 is 0. The highest BCUT2D eigenvalue weighted by Crippen LogP contribution is 2.27. The normalized spacial score (nSPS) is 21.8. The molecule has 1 aromatic heterocycles. The Hall–Kier alpha value is -1.69. The monoisotopic (exact) mass is 311 g/mol. The number of carbonyl (C=O) groups excluding carboxylic acids is 1. The molecule has 1 fully saturated rings. The fourth-order valence-corrected chi connectivity index (χ4v) is 2.89. The largest absolute Gasteiger partial charge is 0.349 e. The summed E-state index contributed by atoms with van der Waals surface area (Å²) in [4.78, 5) is 26.2. The molecule has 1 amide bonds. The number of pyridine rings is 1. The van der Waals surface area contributed by atoms with Crippen molar-refractivity contribution < 1.29 is 9.72 Å². The minimum atomic E-state index is -0.619. The van der Waals surface area contributed by atoms with Crippen molar-refractivity contribution in [2.45, 2.75) is 45.1 Å². The fraction of sp³-hybridized carbons (Fsp3) is 0.571. The van der Waals surface area contributed by atoms with Gasteiger partial charge in [-0.1, -0.05) is 24.9 Å². The number of amides is 1. The third kappa shape index (κ3) is 3.91. The SMILES string of the molecule is CCC1CCC(NC(=O)c2cc(Cl)ncc2[N+](=O)[O-])CC1. The van der Waals surface area contributed by atoms with E-state index in [0.29, 0.717) is 0 Å². The van der Waals surface area contributed by atoms with Gasteiger partial charge in [-0.25, -0.2) is 4.98 Å². The number of nitrogens with zero attached hydrogens (tertiary/aromatic N) is 2. The summed E-state index contributed by atoms with van der Waals surface area (Å²) in [6.45, 7) is 2.17. The maximum Gasteiger partial charge on any atom is 0.300 e. The molecule has 0 radical (unpaired) electrons. The Morgan fingerprint density at radius 3 is 2.71 bits per heavy atom. The number of halogens is 1. The van der Waals surface area contributed by atoms with Gasteiger partial charge in [-0.05, 0) is 37.7 Å². The van der Waals surface area contributed by atoms with Crippen LogP contribution in [0.4, 0.5) is 5.69 Å². The molecule has 21 heavy (non-hydrogen) atoms. The van der Waals surface area contributed by atoms with Gasteiger partial charge in [0.05, 0.1) is 4.92 Å². The Morgan fingerprint density at radius 2 is 2.14 bits per heavy atom.